The molecule has 2 aromatic carbocycles. The van der Waals surface area contributed by atoms with E-state index in [2.05, 4.69) is 21.0 Å². The minimum absolute atomic E-state index is 0.256. The van der Waals surface area contributed by atoms with Gasteiger partial charge in [-0.15, -0.1) is 0 Å². The summed E-state index contributed by atoms with van der Waals surface area (Å²) < 4.78 is 5.42. The number of ether oxygens (including phenoxy) is 1. The molecule has 4 rings (SSSR count). The lowest BCUT2D eigenvalue weighted by atomic mass is 10.1. The number of hydrogen-bond donors (Lipinski definition) is 3. The van der Waals surface area contributed by atoms with Crippen molar-refractivity contribution in [1.29, 1.82) is 0 Å². The van der Waals surface area contributed by atoms with E-state index in [1.54, 1.807) is 24.3 Å². The number of carbonyl (C=O) groups is 2. The summed E-state index contributed by atoms with van der Waals surface area (Å²) >= 11 is 0. The van der Waals surface area contributed by atoms with Crippen LogP contribution in [0.3, 0.4) is 0 Å². The van der Waals surface area contributed by atoms with Gasteiger partial charge in [0.05, 0.1) is 12.3 Å². The van der Waals surface area contributed by atoms with Gasteiger partial charge in [0, 0.05) is 17.5 Å². The van der Waals surface area contributed by atoms with Gasteiger partial charge in [0.25, 0.3) is 11.8 Å². The third-order valence-corrected chi connectivity index (χ3v) is 4.13. The van der Waals surface area contributed by atoms with E-state index in [0.717, 1.165) is 23.3 Å². The number of amides is 2. The van der Waals surface area contributed by atoms with Crippen LogP contribution in [0.4, 0.5) is 0 Å². The third kappa shape index (κ3) is 3.14. The van der Waals surface area contributed by atoms with Gasteiger partial charge in [-0.2, -0.15) is 5.10 Å². The number of rotatable bonds is 3. The van der Waals surface area contributed by atoms with Gasteiger partial charge in [-0.3, -0.25) is 25.5 Å². The van der Waals surface area contributed by atoms with Gasteiger partial charge in [-0.1, -0.05) is 30.3 Å². The van der Waals surface area contributed by atoms with Crippen molar-refractivity contribution in [2.75, 3.05) is 6.61 Å². The summed E-state index contributed by atoms with van der Waals surface area (Å²) in [5, 5.41) is 6.79. The van der Waals surface area contributed by atoms with Crippen LogP contribution in [0.25, 0.3) is 11.3 Å². The number of hydrogen-bond acceptors (Lipinski definition) is 4. The minimum Gasteiger partial charge on any atom is -0.493 e. The summed E-state index contributed by atoms with van der Waals surface area (Å²) in [4.78, 5) is 24.4. The molecule has 1 aliphatic rings. The molecule has 3 aromatic rings. The molecule has 0 spiro atoms. The lowest BCUT2D eigenvalue weighted by Gasteiger charge is -2.07. The lowest BCUT2D eigenvalue weighted by Crippen LogP contribution is -2.41. The molecule has 26 heavy (non-hydrogen) atoms. The van der Waals surface area contributed by atoms with Crippen molar-refractivity contribution in [2.45, 2.75) is 6.42 Å². The fourth-order valence-corrected chi connectivity index (χ4v) is 2.78. The maximum Gasteiger partial charge on any atom is 0.287 e. The Balaban J connectivity index is 1.39. The fourth-order valence-electron chi connectivity index (χ4n) is 2.78. The van der Waals surface area contributed by atoms with Crippen LogP contribution in [-0.2, 0) is 6.42 Å². The molecule has 0 saturated heterocycles. The zero-order valence-corrected chi connectivity index (χ0v) is 13.8. The molecule has 0 atom stereocenters. The molecular weight excluding hydrogens is 332 g/mol. The van der Waals surface area contributed by atoms with E-state index >= 15 is 0 Å². The maximum atomic E-state index is 12.2. The Hall–Kier alpha value is -3.61. The monoisotopic (exact) mass is 348 g/mol. The van der Waals surface area contributed by atoms with Crippen molar-refractivity contribution in [3.63, 3.8) is 0 Å². The first-order chi connectivity index (χ1) is 12.7. The first-order valence-corrected chi connectivity index (χ1v) is 8.18. The van der Waals surface area contributed by atoms with Crippen molar-refractivity contribution in [1.82, 2.24) is 21.0 Å². The molecular formula is C19H16N4O3. The van der Waals surface area contributed by atoms with E-state index in [0.29, 0.717) is 17.9 Å². The standard InChI is InChI=1S/C19H16N4O3/c24-18(14-6-7-17-13(10-14)8-9-26-17)22-23-19(25)16-11-15(20-21-16)12-4-2-1-3-5-12/h1-7,10-11H,8-9H2,(H,20,21)(H,22,24)(H,23,25). The lowest BCUT2D eigenvalue weighted by molar-refractivity contribution is 0.0844. The molecule has 0 unspecified atom stereocenters. The number of H-pyrrole nitrogens is 1. The molecule has 130 valence electrons. The van der Waals surface area contributed by atoms with Crippen molar-refractivity contribution >= 4 is 11.8 Å². The molecule has 3 N–H and O–H groups in total. The first-order valence-electron chi connectivity index (χ1n) is 8.18. The Morgan fingerprint density at radius 2 is 1.81 bits per heavy atom. The molecule has 1 aromatic heterocycles. The van der Waals surface area contributed by atoms with Crippen LogP contribution in [-0.4, -0.2) is 28.6 Å². The van der Waals surface area contributed by atoms with Crippen LogP contribution in [0, 0.1) is 0 Å². The zero-order chi connectivity index (χ0) is 17.9. The smallest absolute Gasteiger partial charge is 0.287 e. The number of nitrogens with one attached hydrogen (secondary N) is 3. The second kappa shape index (κ2) is 6.72. The van der Waals surface area contributed by atoms with E-state index in [-0.39, 0.29) is 5.69 Å². The SMILES string of the molecule is O=C(NNC(=O)c1cc(-c2ccccc2)n[nH]1)c1ccc2c(c1)CCO2. The summed E-state index contributed by atoms with van der Waals surface area (Å²) in [5.74, 6) is -0.0649. The highest BCUT2D eigenvalue weighted by atomic mass is 16.5. The van der Waals surface area contributed by atoms with E-state index in [4.69, 9.17) is 4.74 Å². The van der Waals surface area contributed by atoms with Crippen molar-refractivity contribution in [2.24, 2.45) is 0 Å². The van der Waals surface area contributed by atoms with Crippen LogP contribution in [0.1, 0.15) is 26.4 Å². The number of carbonyl (C=O) groups excluding carboxylic acids is 2. The average Bonchev–Trinajstić information content (AvgIpc) is 3.35. The molecule has 0 saturated carbocycles. The zero-order valence-electron chi connectivity index (χ0n) is 13.8. The van der Waals surface area contributed by atoms with Gasteiger partial charge >= 0.3 is 0 Å². The van der Waals surface area contributed by atoms with Crippen LogP contribution >= 0.6 is 0 Å². The largest absolute Gasteiger partial charge is 0.493 e. The second-order valence-electron chi connectivity index (χ2n) is 5.86. The average molecular weight is 348 g/mol. The number of aromatic nitrogens is 2. The molecule has 1 aliphatic heterocycles. The number of aromatic amines is 1. The quantitative estimate of drug-likeness (QED) is 0.632. The summed E-state index contributed by atoms with van der Waals surface area (Å²) in [5.41, 5.74) is 8.06. The Labute approximate surface area is 149 Å². The number of hydrazine groups is 1. The molecule has 7 heteroatoms. The van der Waals surface area contributed by atoms with Crippen molar-refractivity contribution in [3.05, 3.63) is 71.4 Å². The highest BCUT2D eigenvalue weighted by molar-refractivity contribution is 5.98. The minimum atomic E-state index is -0.475. The summed E-state index contributed by atoms with van der Waals surface area (Å²) in [6.07, 6.45) is 0.777. The topological polar surface area (TPSA) is 96.1 Å². The first kappa shape index (κ1) is 15.9. The molecule has 2 heterocycles. The van der Waals surface area contributed by atoms with E-state index in [1.807, 2.05) is 30.3 Å². The fraction of sp³-hybridized carbons (Fsp3) is 0.105. The number of benzene rings is 2. The van der Waals surface area contributed by atoms with Gasteiger partial charge in [-0.05, 0) is 29.8 Å². The van der Waals surface area contributed by atoms with Crippen LogP contribution in [0.2, 0.25) is 0 Å². The Kier molecular flexibility index (Phi) is 4.10. The van der Waals surface area contributed by atoms with Crippen molar-refractivity contribution < 1.29 is 14.3 Å². The highest BCUT2D eigenvalue weighted by Crippen LogP contribution is 2.25. The maximum absolute atomic E-state index is 12.2. The predicted molar refractivity (Wildman–Crippen MR) is 94.6 cm³/mol. The third-order valence-electron chi connectivity index (χ3n) is 4.13. The summed E-state index contributed by atoms with van der Waals surface area (Å²) in [6, 6.07) is 16.3. The predicted octanol–water partition coefficient (Wildman–Crippen LogP) is 2.09. The summed E-state index contributed by atoms with van der Waals surface area (Å²) in [6.45, 7) is 0.626. The van der Waals surface area contributed by atoms with Crippen LogP contribution in [0.15, 0.2) is 54.6 Å². The number of nitrogens with zero attached hydrogens (tertiary/aromatic N) is 1. The second-order valence-corrected chi connectivity index (χ2v) is 5.86. The van der Waals surface area contributed by atoms with Crippen LogP contribution < -0.4 is 15.6 Å². The normalized spacial score (nSPS) is 12.2. The summed E-state index contributed by atoms with van der Waals surface area (Å²) in [7, 11) is 0. The van der Waals surface area contributed by atoms with Gasteiger partial charge in [-0.25, -0.2) is 0 Å². The molecule has 0 bridgehead atoms. The number of fused-ring (bicyclic) bond motifs is 1. The molecule has 7 nitrogen and oxygen atoms in total. The van der Waals surface area contributed by atoms with Crippen LogP contribution in [0.5, 0.6) is 5.75 Å². The Morgan fingerprint density at radius 1 is 1.00 bits per heavy atom. The molecule has 0 fully saturated rings. The molecule has 0 aliphatic carbocycles. The van der Waals surface area contributed by atoms with E-state index in [9.17, 15) is 9.59 Å². The highest BCUT2D eigenvalue weighted by Gasteiger charge is 2.16. The Bertz CT molecular complexity index is 966. The van der Waals surface area contributed by atoms with Gasteiger partial charge < -0.3 is 4.74 Å². The molecule has 2 amide bonds. The van der Waals surface area contributed by atoms with Gasteiger partial charge in [0.2, 0.25) is 0 Å². The van der Waals surface area contributed by atoms with E-state index < -0.39 is 11.8 Å². The van der Waals surface area contributed by atoms with Gasteiger partial charge in [0.15, 0.2) is 0 Å². The van der Waals surface area contributed by atoms with E-state index in [1.165, 1.54) is 0 Å². The van der Waals surface area contributed by atoms with Crippen molar-refractivity contribution in [3.8, 4) is 17.0 Å². The molecule has 0 radical (unpaired) electrons. The Morgan fingerprint density at radius 3 is 2.65 bits per heavy atom. The van der Waals surface area contributed by atoms with Gasteiger partial charge in [0.1, 0.15) is 11.4 Å².